The molecule has 1 N–H and O–H groups in total. The van der Waals surface area contributed by atoms with Crippen LogP contribution in [0.25, 0.3) is 0 Å². The maximum atomic E-state index is 13.2. The minimum absolute atomic E-state index is 0.298. The summed E-state index contributed by atoms with van der Waals surface area (Å²) in [5.41, 5.74) is 1.70. The molecule has 0 bridgehead atoms. The summed E-state index contributed by atoms with van der Waals surface area (Å²) in [6.07, 6.45) is 1.47. The van der Waals surface area contributed by atoms with Crippen molar-refractivity contribution < 1.29 is 13.6 Å². The van der Waals surface area contributed by atoms with Crippen LogP contribution in [0.2, 0.25) is 0 Å². The Bertz CT molecular complexity index is 652. The van der Waals surface area contributed by atoms with Gasteiger partial charge in [-0.05, 0) is 31.5 Å². The quantitative estimate of drug-likeness (QED) is 0.938. The molecule has 0 aliphatic carbocycles. The summed E-state index contributed by atoms with van der Waals surface area (Å²) in [5, 5.41) is 6.72. The van der Waals surface area contributed by atoms with Gasteiger partial charge >= 0.3 is 0 Å². The van der Waals surface area contributed by atoms with Crippen LogP contribution in [0.5, 0.6) is 0 Å². The molecule has 0 spiro atoms. The number of nitrogens with one attached hydrogen (secondary N) is 1. The van der Waals surface area contributed by atoms with Crippen LogP contribution in [-0.4, -0.2) is 15.7 Å². The van der Waals surface area contributed by atoms with Crippen molar-refractivity contribution in [2.45, 2.75) is 19.9 Å². The number of halogens is 2. The van der Waals surface area contributed by atoms with Crippen LogP contribution in [0.15, 0.2) is 24.4 Å². The Labute approximate surface area is 115 Å². The topological polar surface area (TPSA) is 46.9 Å². The van der Waals surface area contributed by atoms with Crippen LogP contribution < -0.4 is 5.32 Å². The lowest BCUT2D eigenvalue weighted by molar-refractivity contribution is 0.0939. The molecule has 106 valence electrons. The lowest BCUT2D eigenvalue weighted by Crippen LogP contribution is -2.27. The maximum Gasteiger partial charge on any atom is 0.255 e. The molecule has 0 saturated carbocycles. The maximum absolute atomic E-state index is 13.2. The molecule has 1 atom stereocenters. The van der Waals surface area contributed by atoms with Crippen molar-refractivity contribution >= 4 is 5.91 Å². The van der Waals surface area contributed by atoms with Crippen molar-refractivity contribution in [2.75, 3.05) is 0 Å². The number of hydrogen-bond acceptors (Lipinski definition) is 2. The predicted octanol–water partition coefficient (Wildman–Crippen LogP) is 2.50. The smallest absolute Gasteiger partial charge is 0.255 e. The van der Waals surface area contributed by atoms with Gasteiger partial charge in [-0.15, -0.1) is 0 Å². The number of carbonyl (C=O) groups is 1. The number of aromatic nitrogens is 2. The summed E-state index contributed by atoms with van der Waals surface area (Å²) in [6, 6.07) is 3.13. The summed E-state index contributed by atoms with van der Waals surface area (Å²) in [4.78, 5) is 12.1. The molecule has 0 saturated heterocycles. The SMILES string of the molecule is Cc1c(C(=O)NC(C)c2ccc(F)c(F)c2)cnn1C. The van der Waals surface area contributed by atoms with Crippen LogP contribution in [0.3, 0.4) is 0 Å². The summed E-state index contributed by atoms with van der Waals surface area (Å²) >= 11 is 0. The molecule has 1 aromatic carbocycles. The molecule has 1 unspecified atom stereocenters. The molecule has 2 aromatic rings. The van der Waals surface area contributed by atoms with Crippen molar-refractivity contribution in [2.24, 2.45) is 7.05 Å². The molecule has 1 aromatic heterocycles. The van der Waals surface area contributed by atoms with Gasteiger partial charge in [0.2, 0.25) is 0 Å². The lowest BCUT2D eigenvalue weighted by atomic mass is 10.1. The summed E-state index contributed by atoms with van der Waals surface area (Å²) in [6.45, 7) is 3.49. The van der Waals surface area contributed by atoms with E-state index in [0.717, 1.165) is 17.8 Å². The molecule has 6 heteroatoms. The van der Waals surface area contributed by atoms with Gasteiger partial charge in [0, 0.05) is 12.7 Å². The van der Waals surface area contributed by atoms with Crippen LogP contribution in [0, 0.1) is 18.6 Å². The third-order valence-corrected chi connectivity index (χ3v) is 3.27. The number of benzene rings is 1. The number of carbonyl (C=O) groups excluding carboxylic acids is 1. The highest BCUT2D eigenvalue weighted by Gasteiger charge is 2.16. The predicted molar refractivity (Wildman–Crippen MR) is 70.2 cm³/mol. The van der Waals surface area contributed by atoms with E-state index in [9.17, 15) is 13.6 Å². The van der Waals surface area contributed by atoms with E-state index < -0.39 is 17.7 Å². The molecule has 0 fully saturated rings. The largest absolute Gasteiger partial charge is 0.345 e. The van der Waals surface area contributed by atoms with Crippen LogP contribution in [0.1, 0.15) is 34.6 Å². The second kappa shape index (κ2) is 5.40. The van der Waals surface area contributed by atoms with Gasteiger partial charge in [0.15, 0.2) is 11.6 Å². The monoisotopic (exact) mass is 279 g/mol. The highest BCUT2D eigenvalue weighted by Crippen LogP contribution is 2.17. The van der Waals surface area contributed by atoms with Gasteiger partial charge in [-0.3, -0.25) is 9.48 Å². The Balaban J connectivity index is 2.15. The molecular weight excluding hydrogens is 264 g/mol. The number of amides is 1. The van der Waals surface area contributed by atoms with Gasteiger partial charge in [-0.25, -0.2) is 8.78 Å². The Kier molecular flexibility index (Phi) is 3.83. The Morgan fingerprint density at radius 3 is 2.60 bits per heavy atom. The summed E-state index contributed by atoms with van der Waals surface area (Å²) in [7, 11) is 1.74. The fraction of sp³-hybridized carbons (Fsp3) is 0.286. The van der Waals surface area contributed by atoms with Crippen molar-refractivity contribution in [3.8, 4) is 0 Å². The van der Waals surface area contributed by atoms with Gasteiger partial charge in [0.25, 0.3) is 5.91 Å². The van der Waals surface area contributed by atoms with Gasteiger partial charge < -0.3 is 5.32 Å². The van der Waals surface area contributed by atoms with E-state index in [4.69, 9.17) is 0 Å². The van der Waals surface area contributed by atoms with Crippen molar-refractivity contribution in [1.29, 1.82) is 0 Å². The fourth-order valence-electron chi connectivity index (χ4n) is 1.86. The third-order valence-electron chi connectivity index (χ3n) is 3.27. The van der Waals surface area contributed by atoms with Crippen LogP contribution >= 0.6 is 0 Å². The van der Waals surface area contributed by atoms with Crippen LogP contribution in [-0.2, 0) is 7.05 Å². The van der Waals surface area contributed by atoms with E-state index in [-0.39, 0.29) is 5.91 Å². The molecule has 0 aliphatic rings. The number of rotatable bonds is 3. The normalized spacial score (nSPS) is 12.2. The van der Waals surface area contributed by atoms with Gasteiger partial charge in [-0.1, -0.05) is 6.07 Å². The number of aryl methyl sites for hydroxylation is 1. The second-order valence-electron chi connectivity index (χ2n) is 4.64. The molecule has 1 amide bonds. The second-order valence-corrected chi connectivity index (χ2v) is 4.64. The molecule has 0 radical (unpaired) electrons. The van der Waals surface area contributed by atoms with E-state index in [2.05, 4.69) is 10.4 Å². The minimum atomic E-state index is -0.929. The minimum Gasteiger partial charge on any atom is -0.345 e. The molecule has 4 nitrogen and oxygen atoms in total. The Morgan fingerprint density at radius 1 is 1.35 bits per heavy atom. The van der Waals surface area contributed by atoms with Gasteiger partial charge in [0.1, 0.15) is 0 Å². The number of nitrogens with zero attached hydrogens (tertiary/aromatic N) is 2. The first-order valence-corrected chi connectivity index (χ1v) is 6.14. The molecule has 0 aliphatic heterocycles. The van der Waals surface area contributed by atoms with E-state index in [1.165, 1.54) is 12.3 Å². The Morgan fingerprint density at radius 2 is 2.05 bits per heavy atom. The zero-order chi connectivity index (χ0) is 14.9. The first-order valence-electron chi connectivity index (χ1n) is 6.14. The molecule has 1 heterocycles. The molecular formula is C14H15F2N3O. The van der Waals surface area contributed by atoms with Crippen molar-refractivity contribution in [3.05, 3.63) is 52.9 Å². The average molecular weight is 279 g/mol. The van der Waals surface area contributed by atoms with E-state index in [1.807, 2.05) is 0 Å². The summed E-state index contributed by atoms with van der Waals surface area (Å²) < 4.78 is 27.6. The highest BCUT2D eigenvalue weighted by molar-refractivity contribution is 5.95. The van der Waals surface area contributed by atoms with E-state index in [0.29, 0.717) is 11.1 Å². The summed E-state index contributed by atoms with van der Waals surface area (Å²) in [5.74, 6) is -2.13. The van der Waals surface area contributed by atoms with Crippen molar-refractivity contribution in [1.82, 2.24) is 15.1 Å². The molecule has 20 heavy (non-hydrogen) atoms. The Hall–Kier alpha value is -2.24. The zero-order valence-corrected chi connectivity index (χ0v) is 11.4. The zero-order valence-electron chi connectivity index (χ0n) is 11.4. The van der Waals surface area contributed by atoms with E-state index in [1.54, 1.807) is 25.6 Å². The lowest BCUT2D eigenvalue weighted by Gasteiger charge is -2.14. The van der Waals surface area contributed by atoms with Gasteiger partial charge in [-0.2, -0.15) is 5.10 Å². The number of hydrogen-bond donors (Lipinski definition) is 1. The van der Waals surface area contributed by atoms with Crippen molar-refractivity contribution in [3.63, 3.8) is 0 Å². The van der Waals surface area contributed by atoms with E-state index >= 15 is 0 Å². The van der Waals surface area contributed by atoms with Gasteiger partial charge in [0.05, 0.1) is 17.8 Å². The average Bonchev–Trinajstić information content (AvgIpc) is 2.73. The highest BCUT2D eigenvalue weighted by atomic mass is 19.2. The first kappa shape index (κ1) is 14.2. The third kappa shape index (κ3) is 2.68. The molecule has 2 rings (SSSR count). The first-order chi connectivity index (χ1) is 9.40. The fourth-order valence-corrected chi connectivity index (χ4v) is 1.86. The van der Waals surface area contributed by atoms with Crippen LogP contribution in [0.4, 0.5) is 8.78 Å². The standard InChI is InChI=1S/C14H15F2N3O/c1-8(10-4-5-12(15)13(16)6-10)18-14(20)11-7-17-19(3)9(11)2/h4-8H,1-3H3,(H,18,20).